The molecule has 0 fully saturated rings. The van der Waals surface area contributed by atoms with Crippen LogP contribution in [0.5, 0.6) is 0 Å². The molecule has 0 aliphatic heterocycles. The van der Waals surface area contributed by atoms with Gasteiger partial charge in [0, 0.05) is 19.7 Å². The molecule has 0 saturated heterocycles. The fourth-order valence-corrected chi connectivity index (χ4v) is 1.15. The monoisotopic (exact) mass is 259 g/mol. The highest BCUT2D eigenvalue weighted by Crippen LogP contribution is 2.14. The molecular formula is C12H15F2NO3. The summed E-state index contributed by atoms with van der Waals surface area (Å²) >= 11 is 0. The highest BCUT2D eigenvalue weighted by Gasteiger charge is 2.20. The van der Waals surface area contributed by atoms with Crippen molar-refractivity contribution in [3.8, 4) is 0 Å². The zero-order valence-electron chi connectivity index (χ0n) is 10.5. The van der Waals surface area contributed by atoms with E-state index in [1.165, 1.54) is 0 Å². The number of ether oxygens (including phenoxy) is 2. The first-order valence-corrected chi connectivity index (χ1v) is 5.39. The van der Waals surface area contributed by atoms with Gasteiger partial charge < -0.3 is 9.47 Å². The number of esters is 1. The van der Waals surface area contributed by atoms with Gasteiger partial charge in [0.15, 0.2) is 5.82 Å². The maximum Gasteiger partial charge on any atom is 0.341 e. The van der Waals surface area contributed by atoms with E-state index in [2.05, 4.69) is 4.98 Å². The zero-order valence-corrected chi connectivity index (χ0v) is 10.5. The summed E-state index contributed by atoms with van der Waals surface area (Å²) in [6.45, 7) is 3.71. The van der Waals surface area contributed by atoms with Gasteiger partial charge in [-0.15, -0.1) is 0 Å². The molecule has 0 N–H and O–H groups in total. The Morgan fingerprint density at radius 1 is 1.44 bits per heavy atom. The smallest absolute Gasteiger partial charge is 0.341 e. The molecule has 0 radical (unpaired) electrons. The van der Waals surface area contributed by atoms with Gasteiger partial charge in [0.2, 0.25) is 5.95 Å². The first kappa shape index (κ1) is 14.5. The first-order valence-electron chi connectivity index (χ1n) is 5.39. The summed E-state index contributed by atoms with van der Waals surface area (Å²) in [5.41, 5.74) is -0.903. The topological polar surface area (TPSA) is 48.4 Å². The minimum absolute atomic E-state index is 0.0586. The lowest BCUT2D eigenvalue weighted by atomic mass is 10.1. The Morgan fingerprint density at radius 2 is 2.11 bits per heavy atom. The maximum atomic E-state index is 13.2. The highest BCUT2D eigenvalue weighted by molar-refractivity contribution is 5.89. The van der Waals surface area contributed by atoms with Gasteiger partial charge in [-0.1, -0.05) is 0 Å². The lowest BCUT2D eigenvalue weighted by molar-refractivity contribution is -0.00578. The predicted molar refractivity (Wildman–Crippen MR) is 60.1 cm³/mol. The number of hydrogen-bond donors (Lipinski definition) is 0. The minimum atomic E-state index is -1.32. The summed E-state index contributed by atoms with van der Waals surface area (Å²) in [4.78, 5) is 14.6. The van der Waals surface area contributed by atoms with E-state index in [-0.39, 0.29) is 6.61 Å². The molecule has 0 aliphatic rings. The quantitative estimate of drug-likeness (QED) is 0.601. The molecule has 1 heterocycles. The number of rotatable bonds is 5. The van der Waals surface area contributed by atoms with E-state index in [1.807, 2.05) is 13.8 Å². The Balaban J connectivity index is 2.59. The van der Waals surface area contributed by atoms with Gasteiger partial charge in [0.25, 0.3) is 0 Å². The third-order valence-electron chi connectivity index (χ3n) is 2.56. The van der Waals surface area contributed by atoms with Gasteiger partial charge in [0.1, 0.15) is 5.56 Å². The minimum Gasteiger partial charge on any atom is -0.462 e. The van der Waals surface area contributed by atoms with Crippen molar-refractivity contribution in [1.29, 1.82) is 0 Å². The van der Waals surface area contributed by atoms with Crippen molar-refractivity contribution in [1.82, 2.24) is 4.98 Å². The van der Waals surface area contributed by atoms with Crippen LogP contribution in [0.15, 0.2) is 12.3 Å². The number of carbonyl (C=O) groups excluding carboxylic acids is 1. The maximum absolute atomic E-state index is 13.2. The van der Waals surface area contributed by atoms with Crippen molar-refractivity contribution >= 4 is 5.97 Å². The molecule has 0 spiro atoms. The molecule has 1 aromatic rings. The Bertz CT molecular complexity index is 435. The van der Waals surface area contributed by atoms with Crippen molar-refractivity contribution in [2.75, 3.05) is 13.7 Å². The number of halogens is 2. The number of nitrogens with zero attached hydrogens (tertiary/aromatic N) is 1. The second-order valence-corrected chi connectivity index (χ2v) is 4.31. The van der Waals surface area contributed by atoms with E-state index >= 15 is 0 Å². The number of aromatic nitrogens is 1. The molecule has 0 bridgehead atoms. The van der Waals surface area contributed by atoms with Crippen LogP contribution in [0.2, 0.25) is 0 Å². The van der Waals surface area contributed by atoms with Crippen LogP contribution >= 0.6 is 0 Å². The molecule has 0 aromatic carbocycles. The molecule has 4 nitrogen and oxygen atoms in total. The summed E-state index contributed by atoms with van der Waals surface area (Å²) in [6, 6.07) is 1.07. The average Bonchev–Trinajstić information content (AvgIpc) is 2.32. The molecule has 0 aliphatic carbocycles. The summed E-state index contributed by atoms with van der Waals surface area (Å²) in [5.74, 6) is -3.53. The Hall–Kier alpha value is -1.56. The molecule has 6 heteroatoms. The summed E-state index contributed by atoms with van der Waals surface area (Å²) in [6.07, 6.45) is 1.46. The number of pyridine rings is 1. The molecule has 1 rings (SSSR count). The zero-order chi connectivity index (χ0) is 13.8. The fourth-order valence-electron chi connectivity index (χ4n) is 1.15. The summed E-state index contributed by atoms with van der Waals surface area (Å²) in [5, 5.41) is 0. The van der Waals surface area contributed by atoms with Gasteiger partial charge in [-0.3, -0.25) is 0 Å². The third kappa shape index (κ3) is 3.73. The van der Waals surface area contributed by atoms with Gasteiger partial charge in [-0.05, 0) is 19.9 Å². The van der Waals surface area contributed by atoms with Crippen LogP contribution in [-0.4, -0.2) is 30.3 Å². The van der Waals surface area contributed by atoms with Crippen LogP contribution in [0.3, 0.4) is 0 Å². The lowest BCUT2D eigenvalue weighted by Gasteiger charge is -2.22. The van der Waals surface area contributed by atoms with Crippen LogP contribution in [0.25, 0.3) is 0 Å². The highest BCUT2D eigenvalue weighted by atomic mass is 19.2. The molecule has 0 saturated carbocycles. The van der Waals surface area contributed by atoms with E-state index < -0.39 is 28.9 Å². The van der Waals surface area contributed by atoms with E-state index in [4.69, 9.17) is 9.47 Å². The Labute approximate surface area is 104 Å². The predicted octanol–water partition coefficient (Wildman–Crippen LogP) is 2.33. The molecule has 18 heavy (non-hydrogen) atoms. The van der Waals surface area contributed by atoms with Gasteiger partial charge in [-0.2, -0.15) is 4.39 Å². The van der Waals surface area contributed by atoms with Crippen molar-refractivity contribution in [3.63, 3.8) is 0 Å². The lowest BCUT2D eigenvalue weighted by Crippen LogP contribution is -2.25. The number of methoxy groups -OCH3 is 1. The molecule has 100 valence electrons. The normalized spacial score (nSPS) is 11.4. The summed E-state index contributed by atoms with van der Waals surface area (Å²) < 4.78 is 36.0. The van der Waals surface area contributed by atoms with Crippen LogP contribution < -0.4 is 0 Å². The Morgan fingerprint density at radius 3 is 2.72 bits per heavy atom. The van der Waals surface area contributed by atoms with Crippen molar-refractivity contribution in [2.24, 2.45) is 0 Å². The van der Waals surface area contributed by atoms with Crippen molar-refractivity contribution in [3.05, 3.63) is 29.6 Å². The molecule has 0 unspecified atom stereocenters. The fraction of sp³-hybridized carbons (Fsp3) is 0.500. The van der Waals surface area contributed by atoms with E-state index in [0.29, 0.717) is 6.42 Å². The van der Waals surface area contributed by atoms with Crippen LogP contribution in [0.1, 0.15) is 30.6 Å². The number of carbonyl (C=O) groups is 1. The van der Waals surface area contributed by atoms with Crippen molar-refractivity contribution < 1.29 is 23.0 Å². The van der Waals surface area contributed by atoms with Gasteiger partial charge in [-0.25, -0.2) is 14.2 Å². The second kappa shape index (κ2) is 5.86. The van der Waals surface area contributed by atoms with Gasteiger partial charge in [0.05, 0.1) is 12.2 Å². The largest absolute Gasteiger partial charge is 0.462 e. The van der Waals surface area contributed by atoms with Crippen LogP contribution in [-0.2, 0) is 9.47 Å². The third-order valence-corrected chi connectivity index (χ3v) is 2.56. The van der Waals surface area contributed by atoms with E-state index in [1.54, 1.807) is 7.11 Å². The van der Waals surface area contributed by atoms with Crippen LogP contribution in [0, 0.1) is 11.8 Å². The Kier molecular flexibility index (Phi) is 4.72. The standard InChI is InChI=1S/C12H15F2NO3/c1-12(2,17-3)5-7-18-11(16)8-4-6-15-10(14)9(8)13/h4,6H,5,7H2,1-3H3. The number of hydrogen-bond acceptors (Lipinski definition) is 4. The molecule has 1 aromatic heterocycles. The van der Waals surface area contributed by atoms with Crippen LogP contribution in [0.4, 0.5) is 8.78 Å². The van der Waals surface area contributed by atoms with Gasteiger partial charge >= 0.3 is 5.97 Å². The summed E-state index contributed by atoms with van der Waals surface area (Å²) in [7, 11) is 1.54. The van der Waals surface area contributed by atoms with Crippen molar-refractivity contribution in [2.45, 2.75) is 25.9 Å². The molecule has 0 amide bonds. The molecule has 0 atom stereocenters. The van der Waals surface area contributed by atoms with E-state index in [0.717, 1.165) is 12.3 Å². The second-order valence-electron chi connectivity index (χ2n) is 4.31. The first-order chi connectivity index (χ1) is 8.37. The molecular weight excluding hydrogens is 244 g/mol. The SMILES string of the molecule is COC(C)(C)CCOC(=O)c1ccnc(F)c1F. The van der Waals surface area contributed by atoms with E-state index in [9.17, 15) is 13.6 Å². The average molecular weight is 259 g/mol.